The average molecular weight is 475 g/mol. The van der Waals surface area contributed by atoms with Crippen molar-refractivity contribution in [1.29, 1.82) is 0 Å². The third kappa shape index (κ3) is 4.32. The molecule has 0 atom stereocenters. The maximum Gasteiger partial charge on any atom is 0.452 e. The molecule has 4 rings (SSSR count). The number of rotatable bonds is 4. The van der Waals surface area contributed by atoms with Crippen LogP contribution in [0.4, 0.5) is 23.2 Å². The Morgan fingerprint density at radius 2 is 1.71 bits per heavy atom. The Morgan fingerprint density at radius 3 is 2.29 bits per heavy atom. The Labute approximate surface area is 179 Å². The molecular weight excluding hydrogens is 458 g/mol. The van der Waals surface area contributed by atoms with Crippen molar-refractivity contribution in [2.75, 3.05) is 31.1 Å². The van der Waals surface area contributed by atoms with Gasteiger partial charge in [0.05, 0.1) is 9.77 Å². The van der Waals surface area contributed by atoms with Crippen molar-refractivity contribution in [3.63, 3.8) is 0 Å². The van der Waals surface area contributed by atoms with Gasteiger partial charge in [0, 0.05) is 42.8 Å². The van der Waals surface area contributed by atoms with Crippen molar-refractivity contribution in [2.45, 2.75) is 18.0 Å². The van der Waals surface area contributed by atoms with Crippen molar-refractivity contribution >= 4 is 27.0 Å². The van der Waals surface area contributed by atoms with Crippen LogP contribution >= 0.6 is 11.3 Å². The molecule has 1 aliphatic rings. The molecule has 1 fully saturated rings. The van der Waals surface area contributed by atoms with Crippen LogP contribution in [0.1, 0.15) is 10.6 Å². The van der Waals surface area contributed by atoms with Crippen LogP contribution in [0.3, 0.4) is 0 Å². The minimum atomic E-state index is -4.67. The van der Waals surface area contributed by atoms with Crippen LogP contribution in [0.15, 0.2) is 45.8 Å². The first-order valence-corrected chi connectivity index (χ1v) is 11.5. The van der Waals surface area contributed by atoms with E-state index in [0.29, 0.717) is 18.0 Å². The van der Waals surface area contributed by atoms with Crippen molar-refractivity contribution in [3.05, 3.63) is 52.9 Å². The van der Waals surface area contributed by atoms with E-state index in [1.807, 2.05) is 4.90 Å². The van der Waals surface area contributed by atoms with E-state index in [1.165, 1.54) is 22.5 Å². The fourth-order valence-corrected chi connectivity index (χ4v) is 6.28. The van der Waals surface area contributed by atoms with Crippen LogP contribution in [0, 0.1) is 12.7 Å². The van der Waals surface area contributed by atoms with Gasteiger partial charge in [0.15, 0.2) is 0 Å². The Hall–Kier alpha value is -2.44. The summed E-state index contributed by atoms with van der Waals surface area (Å²) in [6.07, 6.45) is -4.67. The van der Waals surface area contributed by atoms with Crippen molar-refractivity contribution < 1.29 is 30.5 Å². The maximum atomic E-state index is 13.1. The largest absolute Gasteiger partial charge is 0.452 e. The highest BCUT2D eigenvalue weighted by Gasteiger charge is 2.37. The van der Waals surface area contributed by atoms with Crippen molar-refractivity contribution in [1.82, 2.24) is 9.46 Å². The smallest absolute Gasteiger partial charge is 0.369 e. The highest BCUT2D eigenvalue weighted by Crippen LogP contribution is 2.37. The van der Waals surface area contributed by atoms with Gasteiger partial charge in [-0.1, -0.05) is 5.16 Å². The van der Waals surface area contributed by atoms with E-state index in [1.54, 1.807) is 19.1 Å². The molecule has 0 bridgehead atoms. The van der Waals surface area contributed by atoms with Crippen LogP contribution in [0.2, 0.25) is 0 Å². The highest BCUT2D eigenvalue weighted by atomic mass is 32.2. The lowest BCUT2D eigenvalue weighted by Crippen LogP contribution is -2.48. The summed E-state index contributed by atoms with van der Waals surface area (Å²) in [6.45, 7) is 2.91. The second-order valence-electron chi connectivity index (χ2n) is 6.97. The SMILES string of the molecule is Cc1sc(-c2cc(C(F)(F)F)on2)cc1S(=O)(=O)N1CCN(c2ccc(F)cc2)CC1. The van der Waals surface area contributed by atoms with Crippen molar-refractivity contribution in [2.24, 2.45) is 0 Å². The number of nitrogens with zero attached hydrogens (tertiary/aromatic N) is 3. The molecule has 2 aromatic heterocycles. The van der Waals surface area contributed by atoms with E-state index >= 15 is 0 Å². The van der Waals surface area contributed by atoms with Crippen LogP contribution in [0.5, 0.6) is 0 Å². The Balaban J connectivity index is 1.52. The van der Waals surface area contributed by atoms with Crippen LogP contribution in [-0.2, 0) is 16.2 Å². The number of halogens is 4. The molecule has 0 radical (unpaired) electrons. The number of piperazine rings is 1. The van der Waals surface area contributed by atoms with E-state index < -0.39 is 22.0 Å². The standard InChI is InChI=1S/C19H17F4N3O3S2/c1-12-17(11-16(30-12)15-10-18(29-24-15)19(21,22)23)31(27,28)26-8-6-25(7-9-26)14-4-2-13(20)3-5-14/h2-5,10-11H,6-9H2,1H3. The fourth-order valence-electron chi connectivity index (χ4n) is 3.35. The lowest BCUT2D eigenvalue weighted by atomic mass is 10.2. The van der Waals surface area contributed by atoms with Crippen LogP contribution in [-0.4, -0.2) is 44.1 Å². The van der Waals surface area contributed by atoms with E-state index in [9.17, 15) is 26.0 Å². The summed E-state index contributed by atoms with van der Waals surface area (Å²) in [5.74, 6) is -1.59. The topological polar surface area (TPSA) is 66.7 Å². The second-order valence-corrected chi connectivity index (χ2v) is 10.1. The van der Waals surface area contributed by atoms with Crippen molar-refractivity contribution in [3.8, 4) is 10.6 Å². The number of thiophene rings is 1. The maximum absolute atomic E-state index is 13.1. The van der Waals surface area contributed by atoms with E-state index in [2.05, 4.69) is 9.68 Å². The van der Waals surface area contributed by atoms with Gasteiger partial charge >= 0.3 is 6.18 Å². The molecule has 0 unspecified atom stereocenters. The fraction of sp³-hybridized carbons (Fsp3) is 0.316. The Kier molecular flexibility index (Phi) is 5.56. The molecular formula is C19H17F4N3O3S2. The number of aromatic nitrogens is 1. The molecule has 0 amide bonds. The first kappa shape index (κ1) is 21.8. The molecule has 1 aliphatic heterocycles. The summed E-state index contributed by atoms with van der Waals surface area (Å²) in [5.41, 5.74) is 0.738. The molecule has 12 heteroatoms. The number of anilines is 1. The summed E-state index contributed by atoms with van der Waals surface area (Å²) in [5, 5.41) is 3.43. The zero-order chi connectivity index (χ0) is 22.4. The monoisotopic (exact) mass is 475 g/mol. The van der Waals surface area contributed by atoms with Gasteiger partial charge in [-0.25, -0.2) is 12.8 Å². The third-order valence-corrected chi connectivity index (χ3v) is 8.19. The predicted molar refractivity (Wildman–Crippen MR) is 107 cm³/mol. The summed E-state index contributed by atoms with van der Waals surface area (Å²) >= 11 is 1.04. The first-order chi connectivity index (χ1) is 14.6. The first-order valence-electron chi connectivity index (χ1n) is 9.21. The number of hydrogen-bond acceptors (Lipinski definition) is 6. The van der Waals surface area contributed by atoms with Gasteiger partial charge in [-0.05, 0) is 37.3 Å². The molecule has 31 heavy (non-hydrogen) atoms. The minimum Gasteiger partial charge on any atom is -0.369 e. The summed E-state index contributed by atoms with van der Waals surface area (Å²) in [4.78, 5) is 2.73. The number of benzene rings is 1. The second kappa shape index (κ2) is 7.92. The molecule has 6 nitrogen and oxygen atoms in total. The highest BCUT2D eigenvalue weighted by molar-refractivity contribution is 7.89. The molecule has 1 saturated heterocycles. The normalized spacial score (nSPS) is 16.1. The molecule has 166 valence electrons. The van der Waals surface area contributed by atoms with Gasteiger partial charge in [-0.2, -0.15) is 17.5 Å². The molecule has 0 aliphatic carbocycles. The van der Waals surface area contributed by atoms with E-state index in [0.717, 1.165) is 23.1 Å². The summed E-state index contributed by atoms with van der Waals surface area (Å²) < 4.78 is 83.3. The van der Waals surface area contributed by atoms with Crippen LogP contribution < -0.4 is 4.90 Å². The van der Waals surface area contributed by atoms with E-state index in [4.69, 9.17) is 0 Å². The lowest BCUT2D eigenvalue weighted by Gasteiger charge is -2.35. The van der Waals surface area contributed by atoms with Gasteiger partial charge < -0.3 is 9.42 Å². The number of hydrogen-bond donors (Lipinski definition) is 0. The third-order valence-electron chi connectivity index (χ3n) is 4.96. The zero-order valence-electron chi connectivity index (χ0n) is 16.2. The van der Waals surface area contributed by atoms with E-state index in [-0.39, 0.29) is 34.4 Å². The quantitative estimate of drug-likeness (QED) is 0.524. The summed E-state index contributed by atoms with van der Waals surface area (Å²) in [7, 11) is -3.84. The number of alkyl halides is 3. The molecule has 3 aromatic rings. The number of sulfonamides is 1. The Morgan fingerprint density at radius 1 is 1.06 bits per heavy atom. The molecule has 0 N–H and O–H groups in total. The van der Waals surface area contributed by atoms with Gasteiger partial charge in [0.2, 0.25) is 15.8 Å². The Bertz CT molecular complexity index is 1180. The molecule has 0 saturated carbocycles. The van der Waals surface area contributed by atoms with Gasteiger partial charge in [0.1, 0.15) is 11.5 Å². The predicted octanol–water partition coefficient (Wildman–Crippen LogP) is 4.38. The molecule has 1 aromatic carbocycles. The summed E-state index contributed by atoms with van der Waals surface area (Å²) in [6, 6.07) is 8.07. The zero-order valence-corrected chi connectivity index (χ0v) is 17.8. The van der Waals surface area contributed by atoms with Crippen LogP contribution in [0.25, 0.3) is 10.6 Å². The molecule has 0 spiro atoms. The lowest BCUT2D eigenvalue weighted by molar-refractivity contribution is -0.155. The van der Waals surface area contributed by atoms with Gasteiger partial charge in [0.25, 0.3) is 0 Å². The van der Waals surface area contributed by atoms with Gasteiger partial charge in [-0.3, -0.25) is 0 Å². The average Bonchev–Trinajstić information content (AvgIpc) is 3.36. The van der Waals surface area contributed by atoms with Gasteiger partial charge in [-0.15, -0.1) is 11.3 Å². The minimum absolute atomic E-state index is 0.0410. The number of aryl methyl sites for hydroxylation is 1. The molecule has 3 heterocycles.